The third-order valence-electron chi connectivity index (χ3n) is 4.40. The van der Waals surface area contributed by atoms with Gasteiger partial charge in [0.2, 0.25) is 5.91 Å². The molecule has 1 aromatic carbocycles. The molecular weight excluding hydrogens is 347 g/mol. The number of nitrogens with one attached hydrogen (secondary N) is 1. The van der Waals surface area contributed by atoms with Gasteiger partial charge in [-0.05, 0) is 29.8 Å². The highest BCUT2D eigenvalue weighted by atomic mass is 19.4. The summed E-state index contributed by atoms with van der Waals surface area (Å²) in [5.74, 6) is 0.623. The Bertz CT molecular complexity index is 950. The fourth-order valence-corrected chi connectivity index (χ4v) is 3.01. The molecule has 1 N–H and O–H groups in total. The molecule has 0 spiro atoms. The largest absolute Gasteiger partial charge is 0.638 e. The van der Waals surface area contributed by atoms with E-state index >= 15 is 0 Å². The molecule has 1 fully saturated rings. The normalized spacial score (nSPS) is 19.7. The third kappa shape index (κ3) is 3.14. The number of amides is 1. The summed E-state index contributed by atoms with van der Waals surface area (Å²) in [6, 6.07) is 7.07. The molecule has 2 aliphatic rings. The number of ether oxygens (including phenoxy) is 1. The summed E-state index contributed by atoms with van der Waals surface area (Å²) in [6.07, 6.45) is -0.313. The minimum Gasteiger partial charge on any atom is -0.492 e. The number of aromatic nitrogens is 1. The zero-order valence-electron chi connectivity index (χ0n) is 13.6. The van der Waals surface area contributed by atoms with Crippen molar-refractivity contribution in [1.82, 2.24) is 10.3 Å². The van der Waals surface area contributed by atoms with E-state index in [1.807, 2.05) is 6.07 Å². The Labute approximate surface area is 146 Å². The number of pyridine rings is 1. The molecule has 0 aliphatic carbocycles. The zero-order valence-corrected chi connectivity index (χ0v) is 13.6. The molecule has 0 saturated carbocycles. The van der Waals surface area contributed by atoms with Crippen LogP contribution in [-0.4, -0.2) is 41.1 Å². The molecule has 1 aromatic heterocycles. The lowest BCUT2D eigenvalue weighted by atomic mass is 10.0. The summed E-state index contributed by atoms with van der Waals surface area (Å²) >= 11 is 0. The van der Waals surface area contributed by atoms with Crippen molar-refractivity contribution < 1.29 is 27.3 Å². The van der Waals surface area contributed by atoms with Crippen LogP contribution in [0.4, 0.5) is 13.2 Å². The number of alkyl halides is 3. The van der Waals surface area contributed by atoms with Gasteiger partial charge in [-0.3, -0.25) is 9.78 Å². The molecule has 8 heteroatoms. The fraction of sp³-hybridized carbons (Fsp3) is 0.278. The molecule has 26 heavy (non-hydrogen) atoms. The van der Waals surface area contributed by atoms with Gasteiger partial charge in [0.25, 0.3) is 0 Å². The van der Waals surface area contributed by atoms with Gasteiger partial charge in [-0.25, -0.2) is 0 Å². The highest BCUT2D eigenvalue weighted by Crippen LogP contribution is 2.33. The molecule has 5 nitrogen and oxygen atoms in total. The molecular formula is C18H15F3N3O2+. The quantitative estimate of drug-likeness (QED) is 0.672. The first-order valence-electron chi connectivity index (χ1n) is 8.10. The smallest absolute Gasteiger partial charge is 0.492 e. The second-order valence-electron chi connectivity index (χ2n) is 6.32. The van der Waals surface area contributed by atoms with Crippen LogP contribution >= 0.6 is 0 Å². The van der Waals surface area contributed by atoms with Gasteiger partial charge >= 0.3 is 6.30 Å². The summed E-state index contributed by atoms with van der Waals surface area (Å²) in [5, 5.41) is 3.53. The molecule has 1 saturated heterocycles. The number of rotatable bonds is 4. The van der Waals surface area contributed by atoms with Gasteiger partial charge in [0.05, 0.1) is 12.1 Å². The highest BCUT2D eigenvalue weighted by molar-refractivity contribution is 6.11. The molecule has 4 rings (SSSR count). The van der Waals surface area contributed by atoms with Crippen LogP contribution < -0.4 is 10.1 Å². The molecule has 0 bridgehead atoms. The van der Waals surface area contributed by atoms with Crippen molar-refractivity contribution in [2.24, 2.45) is 5.92 Å². The van der Waals surface area contributed by atoms with E-state index in [1.54, 1.807) is 24.4 Å². The van der Waals surface area contributed by atoms with Crippen molar-refractivity contribution in [2.45, 2.75) is 12.7 Å². The lowest BCUT2D eigenvalue weighted by molar-refractivity contribution is -0.668. The van der Waals surface area contributed by atoms with Crippen molar-refractivity contribution in [2.75, 3.05) is 13.2 Å². The van der Waals surface area contributed by atoms with Gasteiger partial charge in [0.1, 0.15) is 11.3 Å². The maximum absolute atomic E-state index is 12.6. The van der Waals surface area contributed by atoms with Crippen molar-refractivity contribution in [3.05, 3.63) is 42.2 Å². The SMILES string of the molecule is O=C1CC(COc2cc(C3=C[N+](C(F)(F)F)=C3)cc3ncccc23)CN1. The van der Waals surface area contributed by atoms with Crippen LogP contribution in [0, 0.1) is 5.92 Å². The van der Waals surface area contributed by atoms with Gasteiger partial charge in [-0.1, -0.05) is 0 Å². The van der Waals surface area contributed by atoms with Crippen molar-refractivity contribution in [1.29, 1.82) is 0 Å². The van der Waals surface area contributed by atoms with Crippen LogP contribution in [0.2, 0.25) is 0 Å². The number of carbonyl (C=O) groups is 1. The van der Waals surface area contributed by atoms with E-state index in [2.05, 4.69) is 10.3 Å². The van der Waals surface area contributed by atoms with Gasteiger partial charge in [-0.15, -0.1) is 17.7 Å². The maximum atomic E-state index is 12.6. The summed E-state index contributed by atoms with van der Waals surface area (Å²) in [6.45, 7) is 0.914. The van der Waals surface area contributed by atoms with Crippen LogP contribution in [0.15, 0.2) is 36.7 Å². The predicted molar refractivity (Wildman–Crippen MR) is 88.7 cm³/mol. The minimum atomic E-state index is -4.42. The first-order chi connectivity index (χ1) is 12.4. The molecule has 1 atom stereocenters. The van der Waals surface area contributed by atoms with Crippen LogP contribution in [0.5, 0.6) is 5.75 Å². The van der Waals surface area contributed by atoms with Gasteiger partial charge in [0, 0.05) is 30.5 Å². The monoisotopic (exact) mass is 362 g/mol. The van der Waals surface area contributed by atoms with Crippen molar-refractivity contribution >= 4 is 28.6 Å². The number of benzene rings is 1. The number of carbonyl (C=O) groups excluding carboxylic acids is 1. The number of hydrogen-bond donors (Lipinski definition) is 1. The predicted octanol–water partition coefficient (Wildman–Crippen LogP) is 2.71. The maximum Gasteiger partial charge on any atom is 0.638 e. The highest BCUT2D eigenvalue weighted by Gasteiger charge is 2.46. The first kappa shape index (κ1) is 16.6. The summed E-state index contributed by atoms with van der Waals surface area (Å²) in [5.41, 5.74) is 1.70. The first-order valence-corrected chi connectivity index (χ1v) is 8.10. The van der Waals surface area contributed by atoms with E-state index in [1.165, 1.54) is 0 Å². The Balaban J connectivity index is 1.61. The molecule has 134 valence electrons. The van der Waals surface area contributed by atoms with E-state index < -0.39 is 6.30 Å². The van der Waals surface area contributed by atoms with Crippen LogP contribution in [0.3, 0.4) is 0 Å². The Kier molecular flexibility index (Phi) is 3.90. The second-order valence-corrected chi connectivity index (χ2v) is 6.32. The van der Waals surface area contributed by atoms with Crippen molar-refractivity contribution in [3.8, 4) is 5.75 Å². The molecule has 2 aliphatic heterocycles. The molecule has 2 aromatic rings. The van der Waals surface area contributed by atoms with Crippen LogP contribution in [0.25, 0.3) is 16.5 Å². The van der Waals surface area contributed by atoms with E-state index in [4.69, 9.17) is 4.74 Å². The molecule has 1 unspecified atom stereocenters. The van der Waals surface area contributed by atoms with Gasteiger partial charge in [0.15, 0.2) is 12.4 Å². The zero-order chi connectivity index (χ0) is 18.3. The van der Waals surface area contributed by atoms with E-state index in [-0.39, 0.29) is 16.4 Å². The van der Waals surface area contributed by atoms with Gasteiger partial charge < -0.3 is 10.1 Å². The summed E-state index contributed by atoms with van der Waals surface area (Å²) < 4.78 is 44.0. The Hall–Kier alpha value is -2.90. The lowest BCUT2D eigenvalue weighted by Crippen LogP contribution is -2.30. The van der Waals surface area contributed by atoms with E-state index in [9.17, 15) is 18.0 Å². The molecule has 3 heterocycles. The lowest BCUT2D eigenvalue weighted by Gasteiger charge is -2.15. The second kappa shape index (κ2) is 6.12. The Morgan fingerprint density at radius 1 is 1.35 bits per heavy atom. The Morgan fingerprint density at radius 2 is 2.15 bits per heavy atom. The topological polar surface area (TPSA) is 54.2 Å². The minimum absolute atomic E-state index is 0.000316. The third-order valence-corrected chi connectivity index (χ3v) is 4.40. The number of allylic oxidation sites excluding steroid dienone is 1. The average molecular weight is 362 g/mol. The number of nitrogens with zero attached hydrogens (tertiary/aromatic N) is 2. The fourth-order valence-electron chi connectivity index (χ4n) is 3.01. The average Bonchev–Trinajstić information content (AvgIpc) is 2.95. The Morgan fingerprint density at radius 3 is 2.85 bits per heavy atom. The number of halogens is 3. The number of fused-ring (bicyclic) bond motifs is 1. The summed E-state index contributed by atoms with van der Waals surface area (Å²) in [4.78, 5) is 15.6. The number of hydrogen-bond acceptors (Lipinski definition) is 3. The van der Waals surface area contributed by atoms with E-state index in [0.717, 1.165) is 17.8 Å². The van der Waals surface area contributed by atoms with Crippen LogP contribution in [-0.2, 0) is 4.79 Å². The van der Waals surface area contributed by atoms with Gasteiger partial charge in [-0.2, -0.15) is 0 Å². The summed E-state index contributed by atoms with van der Waals surface area (Å²) in [7, 11) is 0. The van der Waals surface area contributed by atoms with Crippen molar-refractivity contribution in [3.63, 3.8) is 0 Å². The molecule has 0 radical (unpaired) electrons. The molecule has 1 amide bonds. The standard InChI is InChI=1S/C18H14F3N3O2/c19-18(20,21)24-8-13(9-24)12-5-15-14(2-1-3-22-15)16(6-12)26-10-11-4-17(25)23-7-11/h1-3,5-6,8-9,11H,4,7,10H2/p+1. The van der Waals surface area contributed by atoms with Crippen LogP contribution in [0.1, 0.15) is 12.0 Å². The van der Waals surface area contributed by atoms with E-state index in [0.29, 0.717) is 42.0 Å².